The highest BCUT2D eigenvalue weighted by Gasteiger charge is 2.21. The van der Waals surface area contributed by atoms with Crippen molar-refractivity contribution >= 4 is 5.91 Å². The number of amides is 1. The zero-order valence-corrected chi connectivity index (χ0v) is 15.9. The summed E-state index contributed by atoms with van der Waals surface area (Å²) in [5.41, 5.74) is 3.44. The van der Waals surface area contributed by atoms with E-state index in [1.807, 2.05) is 24.3 Å². The van der Waals surface area contributed by atoms with Gasteiger partial charge in [0.2, 0.25) is 5.91 Å². The van der Waals surface area contributed by atoms with Crippen LogP contribution in [0.2, 0.25) is 0 Å². The molecule has 0 saturated carbocycles. The van der Waals surface area contributed by atoms with E-state index in [1.54, 1.807) is 11.0 Å². The van der Waals surface area contributed by atoms with Crippen LogP contribution in [0.1, 0.15) is 29.9 Å². The van der Waals surface area contributed by atoms with E-state index in [-0.39, 0.29) is 5.91 Å². The van der Waals surface area contributed by atoms with Crippen molar-refractivity contribution in [1.29, 1.82) is 0 Å². The lowest BCUT2D eigenvalue weighted by Crippen LogP contribution is -2.41. The molecule has 3 aromatic rings. The van der Waals surface area contributed by atoms with E-state index >= 15 is 0 Å². The number of nitrogens with one attached hydrogen (secondary N) is 1. The fourth-order valence-electron chi connectivity index (χ4n) is 3.72. The van der Waals surface area contributed by atoms with Crippen LogP contribution in [0.3, 0.4) is 0 Å². The minimum absolute atomic E-state index is 0.0820. The number of carbonyl (C=O) groups excluding carboxylic acids is 1. The molecule has 6 heteroatoms. The molecule has 0 unspecified atom stereocenters. The molecule has 1 aliphatic heterocycles. The van der Waals surface area contributed by atoms with Crippen LogP contribution in [-0.2, 0) is 11.3 Å². The molecule has 1 N–H and O–H groups in total. The number of piperidine rings is 1. The first-order valence-electron chi connectivity index (χ1n) is 9.76. The minimum Gasteiger partial charge on any atom is -0.351 e. The van der Waals surface area contributed by atoms with Gasteiger partial charge in [0.25, 0.3) is 0 Å². The van der Waals surface area contributed by atoms with Crippen LogP contribution in [0.5, 0.6) is 0 Å². The topological polar surface area (TPSA) is 63.1 Å². The Kier molecular flexibility index (Phi) is 5.77. The average Bonchev–Trinajstić information content (AvgIpc) is 3.29. The van der Waals surface area contributed by atoms with Gasteiger partial charge in [-0.3, -0.25) is 9.69 Å². The molecule has 1 aromatic heterocycles. The number of carbonyl (C=O) groups is 1. The smallest absolute Gasteiger partial charge is 0.234 e. The Balaban J connectivity index is 1.21. The first-order valence-corrected chi connectivity index (χ1v) is 9.76. The van der Waals surface area contributed by atoms with Crippen LogP contribution in [-0.4, -0.2) is 45.2 Å². The lowest BCUT2D eigenvalue weighted by atomic mass is 9.89. The third kappa shape index (κ3) is 4.64. The predicted molar refractivity (Wildman–Crippen MR) is 108 cm³/mol. The number of hydrogen-bond acceptors (Lipinski definition) is 4. The van der Waals surface area contributed by atoms with Gasteiger partial charge in [-0.1, -0.05) is 42.5 Å². The SMILES string of the molecule is O=C(CN1CCC(c2ccccc2)CC1)NCc1ccc(-n2cncn2)cc1. The van der Waals surface area contributed by atoms with Gasteiger partial charge in [0, 0.05) is 6.54 Å². The molecular formula is C22H25N5O. The predicted octanol–water partition coefficient (Wildman–Crippen LogP) is 2.76. The van der Waals surface area contributed by atoms with Gasteiger partial charge >= 0.3 is 0 Å². The fourth-order valence-corrected chi connectivity index (χ4v) is 3.72. The summed E-state index contributed by atoms with van der Waals surface area (Å²) in [5.74, 6) is 0.697. The summed E-state index contributed by atoms with van der Waals surface area (Å²) < 4.78 is 1.71. The molecule has 144 valence electrons. The molecule has 1 amide bonds. The van der Waals surface area contributed by atoms with Crippen molar-refractivity contribution in [2.45, 2.75) is 25.3 Å². The van der Waals surface area contributed by atoms with Crippen molar-refractivity contribution in [2.75, 3.05) is 19.6 Å². The Bertz CT molecular complexity index is 869. The second-order valence-corrected chi connectivity index (χ2v) is 7.24. The number of aromatic nitrogens is 3. The average molecular weight is 375 g/mol. The quantitative estimate of drug-likeness (QED) is 0.720. The standard InChI is InChI=1S/C22H25N5O/c28-22(15-26-12-10-20(11-13-26)19-4-2-1-3-5-19)24-14-18-6-8-21(9-7-18)27-17-23-16-25-27/h1-9,16-17,20H,10-15H2,(H,24,28). The monoisotopic (exact) mass is 375 g/mol. The van der Waals surface area contributed by atoms with Gasteiger partial charge in [0.15, 0.2) is 0 Å². The summed E-state index contributed by atoms with van der Waals surface area (Å²) in [5, 5.41) is 7.14. The largest absolute Gasteiger partial charge is 0.351 e. The minimum atomic E-state index is 0.0820. The Morgan fingerprint density at radius 2 is 1.79 bits per heavy atom. The van der Waals surface area contributed by atoms with Gasteiger partial charge in [-0.25, -0.2) is 9.67 Å². The molecule has 4 rings (SSSR count). The molecule has 0 bridgehead atoms. The zero-order chi connectivity index (χ0) is 19.2. The molecule has 0 atom stereocenters. The van der Waals surface area contributed by atoms with Crippen molar-refractivity contribution in [3.8, 4) is 5.69 Å². The Morgan fingerprint density at radius 1 is 1.04 bits per heavy atom. The number of hydrogen-bond donors (Lipinski definition) is 1. The maximum atomic E-state index is 12.3. The van der Waals surface area contributed by atoms with Gasteiger partial charge in [-0.15, -0.1) is 0 Å². The summed E-state index contributed by atoms with van der Waals surface area (Å²) in [4.78, 5) is 18.5. The van der Waals surface area contributed by atoms with Crippen LogP contribution in [0, 0.1) is 0 Å². The van der Waals surface area contributed by atoms with Crippen LogP contribution in [0.4, 0.5) is 0 Å². The van der Waals surface area contributed by atoms with Crippen molar-refractivity contribution in [1.82, 2.24) is 25.0 Å². The highest BCUT2D eigenvalue weighted by molar-refractivity contribution is 5.78. The van der Waals surface area contributed by atoms with Crippen molar-refractivity contribution in [3.63, 3.8) is 0 Å². The summed E-state index contributed by atoms with van der Waals surface area (Å²) in [7, 11) is 0. The molecule has 6 nitrogen and oxygen atoms in total. The van der Waals surface area contributed by atoms with Gasteiger partial charge in [-0.2, -0.15) is 5.10 Å². The normalized spacial score (nSPS) is 15.4. The van der Waals surface area contributed by atoms with E-state index in [0.29, 0.717) is 19.0 Å². The van der Waals surface area contributed by atoms with E-state index < -0.39 is 0 Å². The third-order valence-corrected chi connectivity index (χ3v) is 5.34. The molecular weight excluding hydrogens is 350 g/mol. The molecule has 2 heterocycles. The van der Waals surface area contributed by atoms with E-state index in [0.717, 1.165) is 37.2 Å². The second kappa shape index (κ2) is 8.80. The van der Waals surface area contributed by atoms with E-state index in [9.17, 15) is 4.79 Å². The maximum Gasteiger partial charge on any atom is 0.234 e. The van der Waals surface area contributed by atoms with E-state index in [1.165, 1.54) is 11.9 Å². The number of benzene rings is 2. The Hall–Kier alpha value is -2.99. The molecule has 1 saturated heterocycles. The lowest BCUT2D eigenvalue weighted by molar-refractivity contribution is -0.122. The van der Waals surface area contributed by atoms with Gasteiger partial charge in [0.05, 0.1) is 12.2 Å². The molecule has 1 aliphatic rings. The number of rotatable bonds is 6. The van der Waals surface area contributed by atoms with Crippen molar-refractivity contribution < 1.29 is 4.79 Å². The highest BCUT2D eigenvalue weighted by atomic mass is 16.2. The first-order chi connectivity index (χ1) is 13.8. The van der Waals surface area contributed by atoms with Gasteiger partial charge in [-0.05, 0) is 55.1 Å². The zero-order valence-electron chi connectivity index (χ0n) is 15.9. The van der Waals surface area contributed by atoms with Crippen LogP contribution < -0.4 is 5.32 Å². The van der Waals surface area contributed by atoms with Crippen molar-refractivity contribution in [3.05, 3.63) is 78.4 Å². The molecule has 0 radical (unpaired) electrons. The number of nitrogens with zero attached hydrogens (tertiary/aromatic N) is 4. The molecule has 0 spiro atoms. The first kappa shape index (κ1) is 18.4. The second-order valence-electron chi connectivity index (χ2n) is 7.24. The Labute approximate surface area is 165 Å². The molecule has 2 aromatic carbocycles. The summed E-state index contributed by atoms with van der Waals surface area (Å²) in [6.07, 6.45) is 5.40. The summed E-state index contributed by atoms with van der Waals surface area (Å²) in [6.45, 7) is 2.95. The lowest BCUT2D eigenvalue weighted by Gasteiger charge is -2.31. The third-order valence-electron chi connectivity index (χ3n) is 5.34. The van der Waals surface area contributed by atoms with Crippen LogP contribution in [0.25, 0.3) is 5.69 Å². The van der Waals surface area contributed by atoms with Crippen molar-refractivity contribution in [2.24, 2.45) is 0 Å². The van der Waals surface area contributed by atoms with Gasteiger partial charge in [0.1, 0.15) is 12.7 Å². The number of likely N-dealkylation sites (tertiary alicyclic amines) is 1. The molecule has 0 aliphatic carbocycles. The van der Waals surface area contributed by atoms with E-state index in [2.05, 4.69) is 50.6 Å². The van der Waals surface area contributed by atoms with Crippen LogP contribution in [0.15, 0.2) is 67.3 Å². The summed E-state index contributed by atoms with van der Waals surface area (Å²) >= 11 is 0. The Morgan fingerprint density at radius 3 is 2.46 bits per heavy atom. The molecule has 28 heavy (non-hydrogen) atoms. The fraction of sp³-hybridized carbons (Fsp3) is 0.318. The maximum absolute atomic E-state index is 12.3. The molecule has 1 fully saturated rings. The van der Waals surface area contributed by atoms with Gasteiger partial charge < -0.3 is 5.32 Å². The van der Waals surface area contributed by atoms with E-state index in [4.69, 9.17) is 0 Å². The van der Waals surface area contributed by atoms with Crippen LogP contribution >= 0.6 is 0 Å². The summed E-state index contributed by atoms with van der Waals surface area (Å²) in [6, 6.07) is 18.6. The highest BCUT2D eigenvalue weighted by Crippen LogP contribution is 2.27.